The smallest absolute Gasteiger partial charge is 0.325 e. The number of hydrogen-bond donors (Lipinski definition) is 2. The molecule has 2 heterocycles. The van der Waals surface area contributed by atoms with Crippen molar-refractivity contribution in [3.63, 3.8) is 0 Å². The van der Waals surface area contributed by atoms with Gasteiger partial charge in [0.15, 0.2) is 11.5 Å². The summed E-state index contributed by atoms with van der Waals surface area (Å²) in [6.07, 6.45) is 0. The highest BCUT2D eigenvalue weighted by molar-refractivity contribution is 6.09. The van der Waals surface area contributed by atoms with Gasteiger partial charge in [-0.1, -0.05) is 36.4 Å². The van der Waals surface area contributed by atoms with Crippen LogP contribution in [0.1, 0.15) is 31.0 Å². The number of nitrogens with one attached hydrogen (secondary N) is 2. The van der Waals surface area contributed by atoms with Gasteiger partial charge in [0.2, 0.25) is 12.7 Å². The second-order valence-electron chi connectivity index (χ2n) is 7.21. The molecule has 0 aromatic heterocycles. The van der Waals surface area contributed by atoms with Crippen LogP contribution in [0.3, 0.4) is 0 Å². The molecule has 0 bridgehead atoms. The molecule has 0 aliphatic carbocycles. The Balaban J connectivity index is 1.47. The van der Waals surface area contributed by atoms with Crippen molar-refractivity contribution < 1.29 is 23.9 Å². The molecule has 29 heavy (non-hydrogen) atoms. The summed E-state index contributed by atoms with van der Waals surface area (Å²) >= 11 is 0. The van der Waals surface area contributed by atoms with E-state index in [2.05, 4.69) is 10.6 Å². The fraction of sp³-hybridized carbons (Fsp3) is 0.286. The Morgan fingerprint density at radius 1 is 1.17 bits per heavy atom. The molecular weight excluding hydrogens is 374 g/mol. The van der Waals surface area contributed by atoms with Crippen molar-refractivity contribution in [1.82, 2.24) is 15.5 Å². The summed E-state index contributed by atoms with van der Waals surface area (Å²) in [6.45, 7) is 3.20. The van der Waals surface area contributed by atoms with Gasteiger partial charge in [0.1, 0.15) is 12.1 Å². The topological polar surface area (TPSA) is 97.0 Å². The molecular formula is C21H21N3O5. The number of carbonyl (C=O) groups is 3. The van der Waals surface area contributed by atoms with E-state index in [1.807, 2.05) is 37.3 Å². The maximum Gasteiger partial charge on any atom is 0.325 e. The third kappa shape index (κ3) is 3.37. The maximum atomic E-state index is 13.0. The minimum atomic E-state index is -1.29. The molecule has 2 aliphatic heterocycles. The fourth-order valence-corrected chi connectivity index (χ4v) is 3.50. The Hall–Kier alpha value is -3.55. The van der Waals surface area contributed by atoms with Crippen molar-refractivity contribution in [2.75, 3.05) is 13.3 Å². The van der Waals surface area contributed by atoms with E-state index in [9.17, 15) is 14.4 Å². The standard InChI is InChI=1S/C21H21N3O5/c1-13(14-6-4-3-5-7-14)22-18(25)11-24-19(26)21(2,23-20(24)27)15-8-9-16-17(10-15)29-12-28-16/h3-10,13H,11-12H2,1-2H3,(H,22,25)(H,23,27)/t13-,21+/m0/s1. The first-order valence-electron chi connectivity index (χ1n) is 9.27. The van der Waals surface area contributed by atoms with Crippen LogP contribution in [0, 0.1) is 0 Å². The van der Waals surface area contributed by atoms with Crippen LogP contribution in [0.5, 0.6) is 11.5 Å². The summed E-state index contributed by atoms with van der Waals surface area (Å²) in [5.41, 5.74) is 0.201. The lowest BCUT2D eigenvalue weighted by Gasteiger charge is -2.22. The zero-order valence-corrected chi connectivity index (χ0v) is 16.1. The van der Waals surface area contributed by atoms with Gasteiger partial charge in [-0.2, -0.15) is 0 Å². The van der Waals surface area contributed by atoms with Gasteiger partial charge in [-0.25, -0.2) is 4.79 Å². The van der Waals surface area contributed by atoms with Gasteiger partial charge in [-0.3, -0.25) is 14.5 Å². The second-order valence-corrected chi connectivity index (χ2v) is 7.21. The van der Waals surface area contributed by atoms with Crippen molar-refractivity contribution in [3.8, 4) is 11.5 Å². The first-order chi connectivity index (χ1) is 13.9. The number of fused-ring (bicyclic) bond motifs is 1. The molecule has 8 heteroatoms. The van der Waals surface area contributed by atoms with Crippen molar-refractivity contribution >= 4 is 17.8 Å². The molecule has 2 atom stereocenters. The zero-order chi connectivity index (χ0) is 20.6. The molecule has 4 rings (SSSR count). The first-order valence-corrected chi connectivity index (χ1v) is 9.27. The highest BCUT2D eigenvalue weighted by Crippen LogP contribution is 2.37. The van der Waals surface area contributed by atoms with Gasteiger partial charge in [0, 0.05) is 0 Å². The van der Waals surface area contributed by atoms with Crippen LogP contribution < -0.4 is 20.1 Å². The molecule has 0 saturated carbocycles. The van der Waals surface area contributed by atoms with Crippen molar-refractivity contribution in [1.29, 1.82) is 0 Å². The molecule has 4 amide bonds. The van der Waals surface area contributed by atoms with E-state index in [0.29, 0.717) is 17.1 Å². The number of rotatable bonds is 5. The zero-order valence-electron chi connectivity index (χ0n) is 16.1. The Morgan fingerprint density at radius 2 is 1.90 bits per heavy atom. The van der Waals surface area contributed by atoms with Crippen molar-refractivity contribution in [2.45, 2.75) is 25.4 Å². The predicted octanol–water partition coefficient (Wildman–Crippen LogP) is 2.06. The molecule has 2 N–H and O–H groups in total. The number of imide groups is 1. The van der Waals surface area contributed by atoms with E-state index in [-0.39, 0.29) is 19.4 Å². The number of benzene rings is 2. The van der Waals surface area contributed by atoms with E-state index in [0.717, 1.165) is 10.5 Å². The third-order valence-corrected chi connectivity index (χ3v) is 5.20. The molecule has 150 valence electrons. The third-order valence-electron chi connectivity index (χ3n) is 5.20. The first kappa shape index (κ1) is 18.8. The SMILES string of the molecule is C[C@H](NC(=O)CN1C(=O)N[C@](C)(c2ccc3c(c2)OCO3)C1=O)c1ccccc1. The highest BCUT2D eigenvalue weighted by atomic mass is 16.7. The highest BCUT2D eigenvalue weighted by Gasteiger charge is 2.49. The Bertz CT molecular complexity index is 978. The molecule has 0 spiro atoms. The number of ether oxygens (including phenoxy) is 2. The predicted molar refractivity (Wildman–Crippen MR) is 103 cm³/mol. The van der Waals surface area contributed by atoms with Gasteiger partial charge >= 0.3 is 6.03 Å². The van der Waals surface area contributed by atoms with E-state index in [1.54, 1.807) is 25.1 Å². The van der Waals surface area contributed by atoms with Crippen LogP contribution in [-0.4, -0.2) is 36.1 Å². The molecule has 0 unspecified atom stereocenters. The summed E-state index contributed by atoms with van der Waals surface area (Å²) in [6, 6.07) is 13.7. The van der Waals surface area contributed by atoms with Crippen molar-refractivity contribution in [2.24, 2.45) is 0 Å². The van der Waals surface area contributed by atoms with Crippen LogP contribution in [0.25, 0.3) is 0 Å². The monoisotopic (exact) mass is 395 g/mol. The largest absolute Gasteiger partial charge is 0.454 e. The van der Waals surface area contributed by atoms with Crippen molar-refractivity contribution in [3.05, 3.63) is 59.7 Å². The second kappa shape index (κ2) is 7.12. The van der Waals surface area contributed by atoms with Gasteiger partial charge in [-0.15, -0.1) is 0 Å². The minimum Gasteiger partial charge on any atom is -0.454 e. The number of hydrogen-bond acceptors (Lipinski definition) is 5. The molecule has 2 aromatic carbocycles. The van der Waals surface area contributed by atoms with Gasteiger partial charge < -0.3 is 20.1 Å². The summed E-state index contributed by atoms with van der Waals surface area (Å²) in [5.74, 6) is 0.183. The number of amides is 4. The lowest BCUT2D eigenvalue weighted by molar-refractivity contribution is -0.135. The Morgan fingerprint density at radius 3 is 2.66 bits per heavy atom. The van der Waals surface area contributed by atoms with E-state index in [4.69, 9.17) is 9.47 Å². The Labute approximate surface area is 167 Å². The van der Waals surface area contributed by atoms with Crippen LogP contribution in [0.4, 0.5) is 4.79 Å². The van der Waals surface area contributed by atoms with Crippen LogP contribution in [0.15, 0.2) is 48.5 Å². The van der Waals surface area contributed by atoms with Crippen LogP contribution in [-0.2, 0) is 15.1 Å². The molecule has 1 saturated heterocycles. The summed E-state index contributed by atoms with van der Waals surface area (Å²) in [7, 11) is 0. The summed E-state index contributed by atoms with van der Waals surface area (Å²) in [5, 5.41) is 5.50. The lowest BCUT2D eigenvalue weighted by atomic mass is 9.91. The number of nitrogens with zero attached hydrogens (tertiary/aromatic N) is 1. The molecule has 0 radical (unpaired) electrons. The average molecular weight is 395 g/mol. The van der Waals surface area contributed by atoms with Gasteiger partial charge in [0.05, 0.1) is 6.04 Å². The number of carbonyl (C=O) groups excluding carboxylic acids is 3. The molecule has 1 fully saturated rings. The molecule has 2 aliphatic rings. The quantitative estimate of drug-likeness (QED) is 0.756. The fourth-order valence-electron chi connectivity index (χ4n) is 3.50. The Kier molecular flexibility index (Phi) is 4.62. The van der Waals surface area contributed by atoms with E-state index in [1.165, 1.54) is 0 Å². The van der Waals surface area contributed by atoms with E-state index >= 15 is 0 Å². The molecule has 2 aromatic rings. The number of urea groups is 1. The average Bonchev–Trinajstić information content (AvgIpc) is 3.27. The van der Waals surface area contributed by atoms with Gasteiger partial charge in [0.25, 0.3) is 5.91 Å². The lowest BCUT2D eigenvalue weighted by Crippen LogP contribution is -2.43. The summed E-state index contributed by atoms with van der Waals surface area (Å²) < 4.78 is 10.6. The minimum absolute atomic E-state index is 0.113. The van der Waals surface area contributed by atoms with Crippen LogP contribution in [0.2, 0.25) is 0 Å². The van der Waals surface area contributed by atoms with Crippen LogP contribution >= 0.6 is 0 Å². The van der Waals surface area contributed by atoms with Gasteiger partial charge in [-0.05, 0) is 37.1 Å². The maximum absolute atomic E-state index is 13.0. The van der Waals surface area contributed by atoms with E-state index < -0.39 is 23.4 Å². The normalized spacial score (nSPS) is 21.1. The molecule has 8 nitrogen and oxygen atoms in total. The summed E-state index contributed by atoms with van der Waals surface area (Å²) in [4.78, 5) is 38.9.